The monoisotopic (exact) mass is 155 g/mol. The highest BCUT2D eigenvalue weighted by Crippen LogP contribution is 2.11. The number of aliphatic hydroxyl groups is 1. The summed E-state index contributed by atoms with van der Waals surface area (Å²) in [7, 11) is 0. The Morgan fingerprint density at radius 1 is 1.36 bits per heavy atom. The summed E-state index contributed by atoms with van der Waals surface area (Å²) in [6.07, 6.45) is 0. The first kappa shape index (κ1) is 8.01. The van der Waals surface area contributed by atoms with Gasteiger partial charge in [-0.25, -0.2) is 4.39 Å². The van der Waals surface area contributed by atoms with Crippen molar-refractivity contribution in [2.45, 2.75) is 0 Å². The molecule has 0 aliphatic rings. The molecule has 2 nitrogen and oxygen atoms in total. The fourth-order valence-corrected chi connectivity index (χ4v) is 0.795. The van der Waals surface area contributed by atoms with Gasteiger partial charge in [0.1, 0.15) is 5.82 Å². The van der Waals surface area contributed by atoms with Crippen molar-refractivity contribution in [3.05, 3.63) is 30.1 Å². The third-order valence-corrected chi connectivity index (χ3v) is 1.30. The number of hydrogen-bond acceptors (Lipinski definition) is 2. The van der Waals surface area contributed by atoms with Crippen LogP contribution in [-0.4, -0.2) is 18.3 Å². The van der Waals surface area contributed by atoms with Gasteiger partial charge in [0, 0.05) is 6.54 Å². The lowest BCUT2D eigenvalue weighted by molar-refractivity contribution is 0.311. The maximum Gasteiger partial charge on any atom is 0.146 e. The van der Waals surface area contributed by atoms with E-state index < -0.39 is 0 Å². The lowest BCUT2D eigenvalue weighted by Crippen LogP contribution is -2.06. The van der Waals surface area contributed by atoms with Crippen LogP contribution >= 0.6 is 0 Å². The van der Waals surface area contributed by atoms with E-state index in [1.165, 1.54) is 6.07 Å². The Hall–Kier alpha value is -1.09. The maximum atomic E-state index is 12.8. The summed E-state index contributed by atoms with van der Waals surface area (Å²) in [4.78, 5) is 0. The van der Waals surface area contributed by atoms with Crippen molar-refractivity contribution in [2.75, 3.05) is 18.5 Å². The van der Waals surface area contributed by atoms with E-state index in [4.69, 9.17) is 5.11 Å². The van der Waals surface area contributed by atoms with Crippen LogP contribution in [0.25, 0.3) is 0 Å². The van der Waals surface area contributed by atoms with E-state index in [9.17, 15) is 4.39 Å². The van der Waals surface area contributed by atoms with E-state index in [2.05, 4.69) is 5.32 Å². The molecular formula is C8H10FNO. The zero-order valence-electron chi connectivity index (χ0n) is 6.05. The summed E-state index contributed by atoms with van der Waals surface area (Å²) in [5.41, 5.74) is 0.432. The Morgan fingerprint density at radius 2 is 2.09 bits per heavy atom. The van der Waals surface area contributed by atoms with Crippen molar-refractivity contribution in [1.82, 2.24) is 0 Å². The topological polar surface area (TPSA) is 32.3 Å². The molecule has 0 atom stereocenters. The van der Waals surface area contributed by atoms with E-state index in [-0.39, 0.29) is 12.4 Å². The van der Waals surface area contributed by atoms with E-state index in [1.54, 1.807) is 18.2 Å². The Labute approximate surface area is 64.7 Å². The summed E-state index contributed by atoms with van der Waals surface area (Å²) >= 11 is 0. The van der Waals surface area contributed by atoms with Crippen LogP contribution in [0.15, 0.2) is 24.3 Å². The molecule has 1 rings (SSSR count). The molecule has 0 bridgehead atoms. The van der Waals surface area contributed by atoms with Gasteiger partial charge in [-0.15, -0.1) is 0 Å². The van der Waals surface area contributed by atoms with Gasteiger partial charge in [0.2, 0.25) is 0 Å². The predicted octanol–water partition coefficient (Wildman–Crippen LogP) is 1.23. The SMILES string of the molecule is OCCNc1ccccc1F. The molecule has 0 radical (unpaired) electrons. The zero-order valence-corrected chi connectivity index (χ0v) is 6.05. The fourth-order valence-electron chi connectivity index (χ4n) is 0.795. The fraction of sp³-hybridized carbons (Fsp3) is 0.250. The molecule has 0 saturated heterocycles. The van der Waals surface area contributed by atoms with Gasteiger partial charge < -0.3 is 10.4 Å². The first-order valence-corrected chi connectivity index (χ1v) is 3.44. The first-order valence-electron chi connectivity index (χ1n) is 3.44. The van der Waals surface area contributed by atoms with Gasteiger partial charge in [0.15, 0.2) is 0 Å². The van der Waals surface area contributed by atoms with Gasteiger partial charge in [-0.1, -0.05) is 12.1 Å². The minimum absolute atomic E-state index is 0.00827. The van der Waals surface area contributed by atoms with Crippen molar-refractivity contribution < 1.29 is 9.50 Å². The summed E-state index contributed by atoms with van der Waals surface area (Å²) in [5, 5.41) is 11.2. The van der Waals surface area contributed by atoms with Gasteiger partial charge in [0.25, 0.3) is 0 Å². The molecule has 0 amide bonds. The van der Waals surface area contributed by atoms with Crippen LogP contribution < -0.4 is 5.32 Å². The number of rotatable bonds is 3. The smallest absolute Gasteiger partial charge is 0.146 e. The minimum atomic E-state index is -0.291. The lowest BCUT2D eigenvalue weighted by Gasteiger charge is -2.03. The Balaban J connectivity index is 2.62. The molecule has 0 aromatic heterocycles. The van der Waals surface area contributed by atoms with Crippen LogP contribution in [0, 0.1) is 5.82 Å². The van der Waals surface area contributed by atoms with E-state index >= 15 is 0 Å². The Morgan fingerprint density at radius 3 is 2.73 bits per heavy atom. The third kappa shape index (κ3) is 2.20. The number of benzene rings is 1. The van der Waals surface area contributed by atoms with Gasteiger partial charge >= 0.3 is 0 Å². The average molecular weight is 155 g/mol. The lowest BCUT2D eigenvalue weighted by atomic mass is 10.3. The number of anilines is 1. The second-order valence-corrected chi connectivity index (χ2v) is 2.13. The highest BCUT2D eigenvalue weighted by Gasteiger charge is 1.96. The summed E-state index contributed by atoms with van der Waals surface area (Å²) in [6.45, 7) is 0.384. The molecule has 1 aromatic carbocycles. The predicted molar refractivity (Wildman–Crippen MR) is 42.0 cm³/mol. The first-order chi connectivity index (χ1) is 5.34. The highest BCUT2D eigenvalue weighted by molar-refractivity contribution is 5.44. The van der Waals surface area contributed by atoms with Gasteiger partial charge in [-0.3, -0.25) is 0 Å². The van der Waals surface area contributed by atoms with Gasteiger partial charge in [-0.05, 0) is 12.1 Å². The molecule has 0 aliphatic carbocycles. The molecule has 3 heteroatoms. The molecule has 0 heterocycles. The van der Waals surface area contributed by atoms with E-state index in [0.717, 1.165) is 0 Å². The number of para-hydroxylation sites is 1. The molecule has 0 aliphatic heterocycles. The third-order valence-electron chi connectivity index (χ3n) is 1.30. The summed E-state index contributed by atoms with van der Waals surface area (Å²) < 4.78 is 12.8. The molecule has 60 valence electrons. The molecule has 1 aromatic rings. The molecule has 11 heavy (non-hydrogen) atoms. The van der Waals surface area contributed by atoms with Crippen LogP contribution in [0.2, 0.25) is 0 Å². The molecule has 0 fully saturated rings. The van der Waals surface area contributed by atoms with Crippen molar-refractivity contribution in [2.24, 2.45) is 0 Å². The number of hydrogen-bond donors (Lipinski definition) is 2. The normalized spacial score (nSPS) is 9.64. The van der Waals surface area contributed by atoms with Crippen molar-refractivity contribution in [3.63, 3.8) is 0 Å². The van der Waals surface area contributed by atoms with Crippen LogP contribution in [-0.2, 0) is 0 Å². The number of aliphatic hydroxyl groups excluding tert-OH is 1. The van der Waals surface area contributed by atoms with Crippen LogP contribution in [0.3, 0.4) is 0 Å². The van der Waals surface area contributed by atoms with Gasteiger partial charge in [0.05, 0.1) is 12.3 Å². The largest absolute Gasteiger partial charge is 0.395 e. The second kappa shape index (κ2) is 3.93. The molecule has 0 unspecified atom stereocenters. The molecular weight excluding hydrogens is 145 g/mol. The van der Waals surface area contributed by atoms with E-state index in [0.29, 0.717) is 12.2 Å². The van der Waals surface area contributed by atoms with Crippen molar-refractivity contribution in [1.29, 1.82) is 0 Å². The van der Waals surface area contributed by atoms with E-state index in [1.807, 2.05) is 0 Å². The number of halogens is 1. The minimum Gasteiger partial charge on any atom is -0.395 e. The molecule has 0 spiro atoms. The Bertz CT molecular complexity index is 227. The van der Waals surface area contributed by atoms with Crippen LogP contribution in [0.1, 0.15) is 0 Å². The van der Waals surface area contributed by atoms with Gasteiger partial charge in [-0.2, -0.15) is 0 Å². The van der Waals surface area contributed by atoms with Crippen molar-refractivity contribution in [3.8, 4) is 0 Å². The quantitative estimate of drug-likeness (QED) is 0.688. The number of nitrogens with one attached hydrogen (secondary N) is 1. The van der Waals surface area contributed by atoms with Crippen molar-refractivity contribution >= 4 is 5.69 Å². The van der Waals surface area contributed by atoms with Crippen LogP contribution in [0.4, 0.5) is 10.1 Å². The standard InChI is InChI=1S/C8H10FNO/c9-7-3-1-2-4-8(7)10-5-6-11/h1-4,10-11H,5-6H2. The second-order valence-electron chi connectivity index (χ2n) is 2.13. The average Bonchev–Trinajstić information content (AvgIpc) is 2.03. The molecule has 0 saturated carbocycles. The molecule has 2 N–H and O–H groups in total. The maximum absolute atomic E-state index is 12.8. The highest BCUT2D eigenvalue weighted by atomic mass is 19.1. The zero-order chi connectivity index (χ0) is 8.10. The Kier molecular flexibility index (Phi) is 2.86. The summed E-state index contributed by atoms with van der Waals surface area (Å²) in [5.74, 6) is -0.291. The van der Waals surface area contributed by atoms with Crippen LogP contribution in [0.5, 0.6) is 0 Å². The summed E-state index contributed by atoms with van der Waals surface area (Å²) in [6, 6.07) is 6.37.